The molecule has 1 saturated carbocycles. The number of nitrogens with zero attached hydrogens (tertiary/aromatic N) is 1. The largest absolute Gasteiger partial charge is 0.481 e. The zero-order valence-electron chi connectivity index (χ0n) is 19.7. The van der Waals surface area contributed by atoms with Crippen LogP contribution in [0.4, 0.5) is 4.79 Å². The maximum absolute atomic E-state index is 12.9. The van der Waals surface area contributed by atoms with E-state index in [9.17, 15) is 14.7 Å². The van der Waals surface area contributed by atoms with Crippen LogP contribution in [0.2, 0.25) is 5.02 Å². The lowest BCUT2D eigenvalue weighted by Gasteiger charge is -2.47. The first-order valence-electron chi connectivity index (χ1n) is 11.3. The summed E-state index contributed by atoms with van der Waals surface area (Å²) in [7, 11) is 1.60. The van der Waals surface area contributed by atoms with E-state index in [4.69, 9.17) is 16.3 Å². The number of carbonyl (C=O) groups is 2. The average Bonchev–Trinajstić information content (AvgIpc) is 2.65. The topological polar surface area (TPSA) is 78.9 Å². The van der Waals surface area contributed by atoms with Crippen LogP contribution >= 0.6 is 11.6 Å². The van der Waals surface area contributed by atoms with Crippen molar-refractivity contribution < 1.29 is 19.4 Å². The normalized spacial score (nSPS) is 25.8. The maximum Gasteiger partial charge on any atom is 0.322 e. The highest BCUT2D eigenvalue weighted by molar-refractivity contribution is 6.31. The SMILES string of the molecule is COCCN1C=C(C2CC(C(=O)O)C2)C(C)(c2ccc(CCC(C)(C)C)c(Cl)c2)NC1=O. The molecule has 1 heterocycles. The molecule has 1 aromatic carbocycles. The molecule has 6 nitrogen and oxygen atoms in total. The number of carboxylic acid groups (broad SMARTS) is 1. The molecule has 2 amide bonds. The van der Waals surface area contributed by atoms with E-state index in [1.807, 2.05) is 25.3 Å². The highest BCUT2D eigenvalue weighted by atomic mass is 35.5. The Hall–Kier alpha value is -2.05. The van der Waals surface area contributed by atoms with Gasteiger partial charge in [0.05, 0.1) is 24.6 Å². The third-order valence-corrected chi connectivity index (χ3v) is 7.08. The number of rotatable bonds is 8. The first-order valence-corrected chi connectivity index (χ1v) is 11.6. The van der Waals surface area contributed by atoms with Gasteiger partial charge in [-0.3, -0.25) is 9.69 Å². The predicted molar refractivity (Wildman–Crippen MR) is 126 cm³/mol. The molecule has 2 aliphatic rings. The third kappa shape index (κ3) is 5.29. The van der Waals surface area contributed by atoms with Crippen LogP contribution in [0.15, 0.2) is 30.0 Å². The molecular weight excluding hydrogens is 428 g/mol. The summed E-state index contributed by atoms with van der Waals surface area (Å²) in [6.07, 6.45) is 4.95. The van der Waals surface area contributed by atoms with Crippen molar-refractivity contribution in [2.24, 2.45) is 17.3 Å². The minimum Gasteiger partial charge on any atom is -0.481 e. The number of aliphatic carboxylic acids is 1. The minimum absolute atomic E-state index is 0.0890. The number of hydrogen-bond donors (Lipinski definition) is 2. The number of hydrogen-bond acceptors (Lipinski definition) is 3. The Bertz CT molecular complexity index is 902. The molecule has 0 bridgehead atoms. The molecule has 0 spiro atoms. The van der Waals surface area contributed by atoms with Crippen molar-refractivity contribution in [3.05, 3.63) is 46.1 Å². The van der Waals surface area contributed by atoms with Crippen LogP contribution in [0.5, 0.6) is 0 Å². The van der Waals surface area contributed by atoms with Gasteiger partial charge in [-0.25, -0.2) is 4.79 Å². The van der Waals surface area contributed by atoms with Crippen molar-refractivity contribution in [1.82, 2.24) is 10.2 Å². The molecule has 3 rings (SSSR count). The van der Waals surface area contributed by atoms with Crippen LogP contribution in [0.25, 0.3) is 0 Å². The summed E-state index contributed by atoms with van der Waals surface area (Å²) in [6, 6.07) is 5.84. The van der Waals surface area contributed by atoms with Crippen LogP contribution in [0.3, 0.4) is 0 Å². The number of carbonyl (C=O) groups excluding carboxylic acids is 1. The summed E-state index contributed by atoms with van der Waals surface area (Å²) in [5.41, 5.74) is 2.49. The van der Waals surface area contributed by atoms with Gasteiger partial charge >= 0.3 is 12.0 Å². The lowest BCUT2D eigenvalue weighted by molar-refractivity contribution is -0.145. The molecule has 0 aromatic heterocycles. The fourth-order valence-corrected chi connectivity index (χ4v) is 4.74. The van der Waals surface area contributed by atoms with Gasteiger partial charge in [0.1, 0.15) is 0 Å². The monoisotopic (exact) mass is 462 g/mol. The Morgan fingerprint density at radius 2 is 2.03 bits per heavy atom. The van der Waals surface area contributed by atoms with E-state index in [0.717, 1.165) is 29.5 Å². The molecule has 2 N–H and O–H groups in total. The highest BCUT2D eigenvalue weighted by Crippen LogP contribution is 2.47. The fraction of sp³-hybridized carbons (Fsp3) is 0.600. The first kappa shape index (κ1) is 24.6. The number of ether oxygens (including phenoxy) is 1. The lowest BCUT2D eigenvalue weighted by Crippen LogP contribution is -2.56. The summed E-state index contributed by atoms with van der Waals surface area (Å²) >= 11 is 6.68. The number of carboxylic acids is 1. The number of amides is 2. The van der Waals surface area contributed by atoms with Gasteiger partial charge in [-0.1, -0.05) is 44.5 Å². The second-order valence-corrected chi connectivity index (χ2v) is 10.8. The number of benzene rings is 1. The van der Waals surface area contributed by atoms with E-state index in [0.29, 0.717) is 31.0 Å². The van der Waals surface area contributed by atoms with Crippen molar-refractivity contribution in [3.8, 4) is 0 Å². The summed E-state index contributed by atoms with van der Waals surface area (Å²) in [5.74, 6) is -1.00. The molecule has 1 aliphatic carbocycles. The van der Waals surface area contributed by atoms with Crippen LogP contribution in [-0.4, -0.2) is 42.3 Å². The Balaban J connectivity index is 1.92. The smallest absolute Gasteiger partial charge is 0.322 e. The summed E-state index contributed by atoms with van der Waals surface area (Å²) in [4.78, 5) is 25.9. The van der Waals surface area contributed by atoms with Gasteiger partial charge in [-0.15, -0.1) is 0 Å². The van der Waals surface area contributed by atoms with Gasteiger partial charge in [0.2, 0.25) is 0 Å². The van der Waals surface area contributed by atoms with Crippen molar-refractivity contribution in [1.29, 1.82) is 0 Å². The van der Waals surface area contributed by atoms with Gasteiger partial charge in [-0.05, 0) is 66.7 Å². The molecule has 1 aromatic rings. The van der Waals surface area contributed by atoms with E-state index in [1.165, 1.54) is 0 Å². The Labute approximate surface area is 196 Å². The molecule has 1 atom stereocenters. The Morgan fingerprint density at radius 3 is 2.59 bits per heavy atom. The molecule has 0 radical (unpaired) electrons. The first-order chi connectivity index (χ1) is 14.9. The number of methoxy groups -OCH3 is 1. The number of aryl methyl sites for hydroxylation is 1. The van der Waals surface area contributed by atoms with E-state index in [-0.39, 0.29) is 23.3 Å². The molecule has 1 aliphatic heterocycles. The molecule has 176 valence electrons. The Morgan fingerprint density at radius 1 is 1.34 bits per heavy atom. The number of halogens is 1. The zero-order chi connectivity index (χ0) is 23.7. The van der Waals surface area contributed by atoms with E-state index in [2.05, 4.69) is 32.2 Å². The fourth-order valence-electron chi connectivity index (χ4n) is 4.47. The second-order valence-electron chi connectivity index (χ2n) is 10.4. The van der Waals surface area contributed by atoms with Gasteiger partial charge in [-0.2, -0.15) is 0 Å². The molecular formula is C25H35ClN2O4. The minimum atomic E-state index is -0.758. The van der Waals surface area contributed by atoms with Crippen molar-refractivity contribution in [2.75, 3.05) is 20.3 Å². The lowest BCUT2D eigenvalue weighted by atomic mass is 9.65. The third-order valence-electron chi connectivity index (χ3n) is 6.73. The van der Waals surface area contributed by atoms with Gasteiger partial charge in [0.15, 0.2) is 0 Å². The van der Waals surface area contributed by atoms with Gasteiger partial charge in [0.25, 0.3) is 0 Å². The standard InChI is InChI=1S/C25H35ClN2O4/c1-24(2,3)9-8-16-6-7-19(14-21(16)26)25(4)20(17-12-18(13-17)22(29)30)15-28(10-11-32-5)23(31)27-25/h6-7,14-15,17-18H,8-13H2,1-5H3,(H,27,31)(H,29,30). The van der Waals surface area contributed by atoms with Gasteiger partial charge < -0.3 is 15.2 Å². The van der Waals surface area contributed by atoms with E-state index < -0.39 is 11.5 Å². The highest BCUT2D eigenvalue weighted by Gasteiger charge is 2.47. The maximum atomic E-state index is 12.9. The van der Waals surface area contributed by atoms with Crippen LogP contribution in [0, 0.1) is 17.3 Å². The summed E-state index contributed by atoms with van der Waals surface area (Å²) in [6.45, 7) is 9.48. The molecule has 0 saturated heterocycles. The average molecular weight is 463 g/mol. The molecule has 1 unspecified atom stereocenters. The van der Waals surface area contributed by atoms with Crippen LogP contribution in [0.1, 0.15) is 58.1 Å². The second kappa shape index (κ2) is 9.44. The van der Waals surface area contributed by atoms with E-state index in [1.54, 1.807) is 12.0 Å². The molecule has 7 heteroatoms. The van der Waals surface area contributed by atoms with Crippen LogP contribution < -0.4 is 5.32 Å². The Kier molecular flexibility index (Phi) is 7.25. The van der Waals surface area contributed by atoms with Crippen molar-refractivity contribution >= 4 is 23.6 Å². The molecule has 1 fully saturated rings. The molecule has 32 heavy (non-hydrogen) atoms. The number of nitrogens with one attached hydrogen (secondary N) is 1. The summed E-state index contributed by atoms with van der Waals surface area (Å²) in [5, 5.41) is 13.2. The predicted octanol–water partition coefficient (Wildman–Crippen LogP) is 5.20. The van der Waals surface area contributed by atoms with Crippen molar-refractivity contribution in [2.45, 2.75) is 58.9 Å². The van der Waals surface area contributed by atoms with E-state index >= 15 is 0 Å². The van der Waals surface area contributed by atoms with Crippen molar-refractivity contribution in [3.63, 3.8) is 0 Å². The quantitative estimate of drug-likeness (QED) is 0.556. The zero-order valence-corrected chi connectivity index (χ0v) is 20.5. The van der Waals surface area contributed by atoms with Gasteiger partial charge in [0, 0.05) is 18.3 Å². The summed E-state index contributed by atoms with van der Waals surface area (Å²) < 4.78 is 5.14. The van der Waals surface area contributed by atoms with Crippen LogP contribution in [-0.2, 0) is 21.5 Å². The number of urea groups is 1.